The van der Waals surface area contributed by atoms with E-state index in [1.54, 1.807) is 0 Å². The molecular formula is C15H30. The Labute approximate surface area is 96.8 Å². The molecule has 0 aliphatic heterocycles. The van der Waals surface area contributed by atoms with Crippen molar-refractivity contribution in [3.8, 4) is 0 Å². The van der Waals surface area contributed by atoms with Crippen LogP contribution in [0.1, 0.15) is 66.7 Å². The van der Waals surface area contributed by atoms with Crippen molar-refractivity contribution in [2.75, 3.05) is 0 Å². The summed E-state index contributed by atoms with van der Waals surface area (Å²) in [5.41, 5.74) is 0. The second-order valence-electron chi connectivity index (χ2n) is 6.33. The molecule has 1 aliphatic carbocycles. The van der Waals surface area contributed by atoms with Crippen molar-refractivity contribution in [3.63, 3.8) is 0 Å². The SMILES string of the molecule is CCC1CCC(C(C)C)CC(C(C)C)C1. The van der Waals surface area contributed by atoms with Gasteiger partial charge in [-0.25, -0.2) is 0 Å². The summed E-state index contributed by atoms with van der Waals surface area (Å²) in [7, 11) is 0. The molecule has 15 heavy (non-hydrogen) atoms. The average molecular weight is 210 g/mol. The van der Waals surface area contributed by atoms with Crippen LogP contribution in [0, 0.1) is 29.6 Å². The fourth-order valence-corrected chi connectivity index (χ4v) is 3.12. The Morgan fingerprint density at radius 1 is 0.867 bits per heavy atom. The van der Waals surface area contributed by atoms with Crippen molar-refractivity contribution in [2.24, 2.45) is 29.6 Å². The van der Waals surface area contributed by atoms with Crippen molar-refractivity contribution in [1.29, 1.82) is 0 Å². The van der Waals surface area contributed by atoms with Gasteiger partial charge in [0.2, 0.25) is 0 Å². The molecule has 0 spiro atoms. The summed E-state index contributed by atoms with van der Waals surface area (Å²) >= 11 is 0. The van der Waals surface area contributed by atoms with Gasteiger partial charge in [-0.2, -0.15) is 0 Å². The highest BCUT2D eigenvalue weighted by atomic mass is 14.3. The Bertz CT molecular complexity index is 169. The van der Waals surface area contributed by atoms with E-state index in [9.17, 15) is 0 Å². The molecule has 0 aromatic rings. The Morgan fingerprint density at radius 3 is 1.93 bits per heavy atom. The maximum Gasteiger partial charge on any atom is -0.0386 e. The monoisotopic (exact) mass is 210 g/mol. The summed E-state index contributed by atoms with van der Waals surface area (Å²) in [6.07, 6.45) is 7.36. The maximum atomic E-state index is 2.42. The van der Waals surface area contributed by atoms with Gasteiger partial charge in [0.05, 0.1) is 0 Å². The highest BCUT2D eigenvalue weighted by Crippen LogP contribution is 2.39. The molecule has 90 valence electrons. The van der Waals surface area contributed by atoms with Crippen LogP contribution in [0.3, 0.4) is 0 Å². The first kappa shape index (κ1) is 13.1. The maximum absolute atomic E-state index is 2.42. The molecule has 0 nitrogen and oxygen atoms in total. The minimum atomic E-state index is 0.887. The second kappa shape index (κ2) is 5.92. The predicted molar refractivity (Wildman–Crippen MR) is 68.9 cm³/mol. The zero-order valence-corrected chi connectivity index (χ0v) is 11.4. The lowest BCUT2D eigenvalue weighted by Gasteiger charge is -2.26. The third-order valence-corrected chi connectivity index (χ3v) is 4.65. The topological polar surface area (TPSA) is 0 Å². The van der Waals surface area contributed by atoms with E-state index in [0.717, 1.165) is 29.6 Å². The van der Waals surface area contributed by atoms with Crippen LogP contribution in [0.25, 0.3) is 0 Å². The van der Waals surface area contributed by atoms with E-state index in [0.29, 0.717) is 0 Å². The first-order valence-corrected chi connectivity index (χ1v) is 7.04. The Kier molecular flexibility index (Phi) is 5.15. The van der Waals surface area contributed by atoms with Gasteiger partial charge in [0.15, 0.2) is 0 Å². The molecule has 1 rings (SSSR count). The van der Waals surface area contributed by atoms with Gasteiger partial charge in [-0.3, -0.25) is 0 Å². The molecule has 0 heterocycles. The van der Waals surface area contributed by atoms with Gasteiger partial charge < -0.3 is 0 Å². The van der Waals surface area contributed by atoms with Gasteiger partial charge in [-0.15, -0.1) is 0 Å². The van der Waals surface area contributed by atoms with E-state index < -0.39 is 0 Å². The average Bonchev–Trinajstić information content (AvgIpc) is 2.39. The largest absolute Gasteiger partial charge is 0.0651 e. The van der Waals surface area contributed by atoms with Crippen molar-refractivity contribution in [3.05, 3.63) is 0 Å². The van der Waals surface area contributed by atoms with Gasteiger partial charge >= 0.3 is 0 Å². The van der Waals surface area contributed by atoms with E-state index in [2.05, 4.69) is 34.6 Å². The highest BCUT2D eigenvalue weighted by Gasteiger charge is 2.28. The van der Waals surface area contributed by atoms with E-state index in [-0.39, 0.29) is 0 Å². The summed E-state index contributed by atoms with van der Waals surface area (Å²) in [5.74, 6) is 4.78. The molecule has 0 saturated heterocycles. The van der Waals surface area contributed by atoms with Crippen molar-refractivity contribution < 1.29 is 0 Å². The van der Waals surface area contributed by atoms with Gasteiger partial charge in [0.25, 0.3) is 0 Å². The summed E-state index contributed by atoms with van der Waals surface area (Å²) in [6, 6.07) is 0. The molecule has 0 amide bonds. The number of hydrogen-bond donors (Lipinski definition) is 0. The van der Waals surface area contributed by atoms with Crippen molar-refractivity contribution in [2.45, 2.75) is 66.7 Å². The Hall–Kier alpha value is 0. The molecule has 1 fully saturated rings. The molecular weight excluding hydrogens is 180 g/mol. The molecule has 1 saturated carbocycles. The van der Waals surface area contributed by atoms with Crippen LogP contribution in [0.5, 0.6) is 0 Å². The quantitative estimate of drug-likeness (QED) is 0.566. The van der Waals surface area contributed by atoms with Crippen LogP contribution in [-0.4, -0.2) is 0 Å². The first-order chi connectivity index (χ1) is 7.04. The van der Waals surface area contributed by atoms with Crippen LogP contribution < -0.4 is 0 Å². The molecule has 3 atom stereocenters. The van der Waals surface area contributed by atoms with Gasteiger partial charge in [-0.1, -0.05) is 47.5 Å². The fourth-order valence-electron chi connectivity index (χ4n) is 3.12. The highest BCUT2D eigenvalue weighted by molar-refractivity contribution is 4.78. The minimum Gasteiger partial charge on any atom is -0.0651 e. The Morgan fingerprint density at radius 2 is 1.47 bits per heavy atom. The normalized spacial score (nSPS) is 33.4. The number of rotatable bonds is 3. The molecule has 0 bridgehead atoms. The molecule has 0 heteroatoms. The first-order valence-electron chi connectivity index (χ1n) is 7.04. The molecule has 1 aliphatic rings. The molecule has 0 aromatic carbocycles. The lowest BCUT2D eigenvalue weighted by molar-refractivity contribution is 0.247. The third kappa shape index (κ3) is 3.81. The standard InChI is InChI=1S/C15H30/c1-6-13-7-8-14(11(2)3)10-15(9-13)12(4)5/h11-15H,6-10H2,1-5H3. The molecule has 0 N–H and O–H groups in total. The van der Waals surface area contributed by atoms with Crippen LogP contribution in [0.15, 0.2) is 0 Å². The van der Waals surface area contributed by atoms with E-state index >= 15 is 0 Å². The van der Waals surface area contributed by atoms with Gasteiger partial charge in [-0.05, 0) is 48.9 Å². The van der Waals surface area contributed by atoms with Crippen LogP contribution in [0.2, 0.25) is 0 Å². The van der Waals surface area contributed by atoms with Crippen LogP contribution in [-0.2, 0) is 0 Å². The minimum absolute atomic E-state index is 0.887. The molecule has 3 unspecified atom stereocenters. The van der Waals surface area contributed by atoms with Crippen molar-refractivity contribution >= 4 is 0 Å². The smallest absolute Gasteiger partial charge is 0.0386 e. The summed E-state index contributed by atoms with van der Waals surface area (Å²) < 4.78 is 0. The lowest BCUT2D eigenvalue weighted by Crippen LogP contribution is -2.16. The van der Waals surface area contributed by atoms with Crippen LogP contribution in [0.4, 0.5) is 0 Å². The predicted octanol–water partition coefficient (Wildman–Crippen LogP) is 5.13. The van der Waals surface area contributed by atoms with Gasteiger partial charge in [0, 0.05) is 0 Å². The van der Waals surface area contributed by atoms with E-state index in [1.807, 2.05) is 0 Å². The zero-order chi connectivity index (χ0) is 11.4. The zero-order valence-electron chi connectivity index (χ0n) is 11.4. The lowest BCUT2D eigenvalue weighted by atomic mass is 9.80. The molecule has 0 aromatic heterocycles. The summed E-state index contributed by atoms with van der Waals surface area (Å²) in [6.45, 7) is 12.0. The summed E-state index contributed by atoms with van der Waals surface area (Å²) in [5, 5.41) is 0. The van der Waals surface area contributed by atoms with Crippen molar-refractivity contribution in [1.82, 2.24) is 0 Å². The molecule has 0 radical (unpaired) electrons. The van der Waals surface area contributed by atoms with Crippen LogP contribution >= 0.6 is 0 Å². The fraction of sp³-hybridized carbons (Fsp3) is 1.00. The summed E-state index contributed by atoms with van der Waals surface area (Å²) in [4.78, 5) is 0. The third-order valence-electron chi connectivity index (χ3n) is 4.65. The Balaban J connectivity index is 2.62. The van der Waals surface area contributed by atoms with Gasteiger partial charge in [0.1, 0.15) is 0 Å². The van der Waals surface area contributed by atoms with E-state index in [1.165, 1.54) is 32.1 Å². The second-order valence-corrected chi connectivity index (χ2v) is 6.33. The van der Waals surface area contributed by atoms with E-state index in [4.69, 9.17) is 0 Å². The number of hydrogen-bond acceptors (Lipinski definition) is 0.